The van der Waals surface area contributed by atoms with E-state index in [1.54, 1.807) is 0 Å². The Morgan fingerprint density at radius 2 is 2.06 bits per heavy atom. The third kappa shape index (κ3) is 4.64. The van der Waals surface area contributed by atoms with Crippen LogP contribution in [0.4, 0.5) is 0 Å². The fourth-order valence-corrected chi connectivity index (χ4v) is 1.73. The molecule has 0 aromatic heterocycles. The Labute approximate surface area is 114 Å². The van der Waals surface area contributed by atoms with E-state index in [1.807, 2.05) is 38.1 Å². The third-order valence-corrected chi connectivity index (χ3v) is 2.70. The maximum Gasteiger partial charge on any atom is 0.239 e. The highest BCUT2D eigenvalue weighted by Crippen LogP contribution is 2.16. The van der Waals surface area contributed by atoms with Crippen LogP contribution in [0, 0.1) is 6.92 Å². The molecule has 3 N–H and O–H groups in total. The highest BCUT2D eigenvalue weighted by Gasteiger charge is 2.16. The zero-order chi connectivity index (χ0) is 12.8. The fraction of sp³-hybridized carbons (Fsp3) is 0.462. The van der Waals surface area contributed by atoms with E-state index in [1.165, 1.54) is 7.11 Å². The summed E-state index contributed by atoms with van der Waals surface area (Å²) in [6.45, 7) is 4.19. The molecule has 1 aromatic rings. The Hall–Kier alpha value is -1.10. The number of nitrogens with two attached hydrogens (primary N) is 1. The van der Waals surface area contributed by atoms with Crippen molar-refractivity contribution in [2.75, 3.05) is 13.7 Å². The van der Waals surface area contributed by atoms with Crippen molar-refractivity contribution in [3.05, 3.63) is 35.4 Å². The molecule has 2 atom stereocenters. The molecule has 18 heavy (non-hydrogen) atoms. The van der Waals surface area contributed by atoms with E-state index >= 15 is 0 Å². The lowest BCUT2D eigenvalue weighted by Crippen LogP contribution is -2.44. The minimum Gasteiger partial charge on any atom is -0.383 e. The molecule has 0 aliphatic carbocycles. The summed E-state index contributed by atoms with van der Waals surface area (Å²) >= 11 is 0. The standard InChI is InChI=1S/C13H20N2O2.ClH/c1-9-6-4-5-7-11(9)10(2)15-13(16)12(14)8-17-3;/h4-7,10,12H,8,14H2,1-3H3,(H,15,16);1H. The van der Waals surface area contributed by atoms with Crippen molar-refractivity contribution >= 4 is 18.3 Å². The topological polar surface area (TPSA) is 64.3 Å². The second kappa shape index (κ2) is 8.08. The summed E-state index contributed by atoms with van der Waals surface area (Å²) in [6.07, 6.45) is 0. The minimum absolute atomic E-state index is 0. The number of benzene rings is 1. The van der Waals surface area contributed by atoms with Crippen molar-refractivity contribution in [3.8, 4) is 0 Å². The van der Waals surface area contributed by atoms with E-state index in [-0.39, 0.29) is 31.0 Å². The number of carbonyl (C=O) groups is 1. The molecule has 0 aliphatic heterocycles. The molecular formula is C13H21ClN2O2. The fourth-order valence-electron chi connectivity index (χ4n) is 1.73. The molecule has 0 saturated carbocycles. The molecule has 5 heteroatoms. The van der Waals surface area contributed by atoms with Crippen LogP contribution in [0.1, 0.15) is 24.1 Å². The first-order valence-electron chi connectivity index (χ1n) is 5.66. The Kier molecular flexibility index (Phi) is 7.59. The number of carbonyl (C=O) groups excluding carboxylic acids is 1. The largest absolute Gasteiger partial charge is 0.383 e. The van der Waals surface area contributed by atoms with Crippen LogP contribution in [-0.4, -0.2) is 25.7 Å². The lowest BCUT2D eigenvalue weighted by Gasteiger charge is -2.19. The van der Waals surface area contributed by atoms with Gasteiger partial charge in [-0.25, -0.2) is 0 Å². The molecule has 2 unspecified atom stereocenters. The Bertz CT molecular complexity index is 385. The molecule has 0 radical (unpaired) electrons. The van der Waals surface area contributed by atoms with Crippen molar-refractivity contribution in [1.29, 1.82) is 0 Å². The third-order valence-electron chi connectivity index (χ3n) is 2.70. The minimum atomic E-state index is -0.619. The van der Waals surface area contributed by atoms with Gasteiger partial charge in [-0.3, -0.25) is 4.79 Å². The van der Waals surface area contributed by atoms with Crippen LogP contribution in [-0.2, 0) is 9.53 Å². The van der Waals surface area contributed by atoms with Gasteiger partial charge in [0.2, 0.25) is 5.91 Å². The SMILES string of the molecule is COCC(N)C(=O)NC(C)c1ccccc1C.Cl. The van der Waals surface area contributed by atoms with E-state index in [2.05, 4.69) is 5.32 Å². The molecule has 1 rings (SSSR count). The van der Waals surface area contributed by atoms with E-state index in [9.17, 15) is 4.79 Å². The van der Waals surface area contributed by atoms with Gasteiger partial charge >= 0.3 is 0 Å². The highest BCUT2D eigenvalue weighted by molar-refractivity contribution is 5.85. The first kappa shape index (κ1) is 16.9. The van der Waals surface area contributed by atoms with Gasteiger partial charge in [0.25, 0.3) is 0 Å². The summed E-state index contributed by atoms with van der Waals surface area (Å²) in [5, 5.41) is 2.88. The van der Waals surface area contributed by atoms with E-state index in [4.69, 9.17) is 10.5 Å². The molecule has 1 amide bonds. The molecule has 0 heterocycles. The summed E-state index contributed by atoms with van der Waals surface area (Å²) in [5.41, 5.74) is 7.91. The summed E-state index contributed by atoms with van der Waals surface area (Å²) in [4.78, 5) is 11.7. The average molecular weight is 273 g/mol. The summed E-state index contributed by atoms with van der Waals surface area (Å²) < 4.78 is 4.85. The van der Waals surface area contributed by atoms with Gasteiger partial charge in [-0.05, 0) is 25.0 Å². The second-order valence-corrected chi connectivity index (χ2v) is 4.15. The maximum atomic E-state index is 11.7. The molecule has 0 fully saturated rings. The number of hydrogen-bond acceptors (Lipinski definition) is 3. The van der Waals surface area contributed by atoms with E-state index in [0.29, 0.717) is 0 Å². The molecule has 4 nitrogen and oxygen atoms in total. The summed E-state index contributed by atoms with van der Waals surface area (Å²) in [7, 11) is 1.53. The van der Waals surface area contributed by atoms with Gasteiger partial charge in [0.05, 0.1) is 12.6 Å². The molecule has 0 bridgehead atoms. The number of ether oxygens (including phenoxy) is 1. The molecule has 0 spiro atoms. The number of hydrogen-bond donors (Lipinski definition) is 2. The number of aryl methyl sites for hydroxylation is 1. The van der Waals surface area contributed by atoms with Gasteiger partial charge in [0, 0.05) is 7.11 Å². The van der Waals surface area contributed by atoms with Crippen LogP contribution in [0.25, 0.3) is 0 Å². The molecule has 102 valence electrons. The maximum absolute atomic E-state index is 11.7. The van der Waals surface area contributed by atoms with Gasteiger partial charge < -0.3 is 15.8 Å². The lowest BCUT2D eigenvalue weighted by molar-refractivity contribution is -0.124. The van der Waals surface area contributed by atoms with Crippen molar-refractivity contribution < 1.29 is 9.53 Å². The quantitative estimate of drug-likeness (QED) is 0.855. The Balaban J connectivity index is 0.00000289. The number of methoxy groups -OCH3 is 1. The lowest BCUT2D eigenvalue weighted by atomic mass is 10.0. The smallest absolute Gasteiger partial charge is 0.239 e. The van der Waals surface area contributed by atoms with Crippen molar-refractivity contribution in [3.63, 3.8) is 0 Å². The van der Waals surface area contributed by atoms with Crippen LogP contribution in [0.5, 0.6) is 0 Å². The first-order chi connectivity index (χ1) is 8.06. The monoisotopic (exact) mass is 272 g/mol. The van der Waals surface area contributed by atoms with E-state index in [0.717, 1.165) is 11.1 Å². The van der Waals surface area contributed by atoms with E-state index < -0.39 is 6.04 Å². The van der Waals surface area contributed by atoms with Crippen LogP contribution in [0.3, 0.4) is 0 Å². The van der Waals surface area contributed by atoms with Gasteiger partial charge in [-0.15, -0.1) is 12.4 Å². The normalized spacial score (nSPS) is 13.3. The second-order valence-electron chi connectivity index (χ2n) is 4.15. The zero-order valence-corrected chi connectivity index (χ0v) is 11.8. The van der Waals surface area contributed by atoms with Crippen LogP contribution in [0.2, 0.25) is 0 Å². The van der Waals surface area contributed by atoms with Crippen LogP contribution in [0.15, 0.2) is 24.3 Å². The Morgan fingerprint density at radius 3 is 2.61 bits per heavy atom. The number of halogens is 1. The van der Waals surface area contributed by atoms with Crippen molar-refractivity contribution in [2.45, 2.75) is 25.9 Å². The van der Waals surface area contributed by atoms with Gasteiger partial charge in [0.1, 0.15) is 6.04 Å². The van der Waals surface area contributed by atoms with Crippen LogP contribution >= 0.6 is 12.4 Å². The highest BCUT2D eigenvalue weighted by atomic mass is 35.5. The predicted octanol–water partition coefficient (Wildman–Crippen LogP) is 1.57. The van der Waals surface area contributed by atoms with Crippen LogP contribution < -0.4 is 11.1 Å². The van der Waals surface area contributed by atoms with Gasteiger partial charge in [0.15, 0.2) is 0 Å². The summed E-state index contributed by atoms with van der Waals surface area (Å²) in [5.74, 6) is -0.192. The Morgan fingerprint density at radius 1 is 1.44 bits per heavy atom. The van der Waals surface area contributed by atoms with Crippen molar-refractivity contribution in [2.24, 2.45) is 5.73 Å². The summed E-state index contributed by atoms with van der Waals surface area (Å²) in [6, 6.07) is 7.29. The van der Waals surface area contributed by atoms with Gasteiger partial charge in [-0.2, -0.15) is 0 Å². The molecule has 0 aliphatic rings. The first-order valence-corrected chi connectivity index (χ1v) is 5.66. The zero-order valence-electron chi connectivity index (χ0n) is 11.0. The molecule has 1 aromatic carbocycles. The number of amides is 1. The molecular weight excluding hydrogens is 252 g/mol. The molecule has 0 saturated heterocycles. The average Bonchev–Trinajstić information content (AvgIpc) is 2.29. The predicted molar refractivity (Wildman–Crippen MR) is 74.8 cm³/mol. The van der Waals surface area contributed by atoms with Gasteiger partial charge in [-0.1, -0.05) is 24.3 Å². The number of rotatable bonds is 5. The van der Waals surface area contributed by atoms with Crippen molar-refractivity contribution in [1.82, 2.24) is 5.32 Å². The number of nitrogens with one attached hydrogen (secondary N) is 1.